The van der Waals surface area contributed by atoms with Crippen LogP contribution in [0.2, 0.25) is 0 Å². The fourth-order valence-corrected chi connectivity index (χ4v) is 3.10. The number of para-hydroxylation sites is 2. The fourth-order valence-electron chi connectivity index (χ4n) is 3.10. The molecule has 3 rings (SSSR count). The van der Waals surface area contributed by atoms with Crippen molar-refractivity contribution in [2.24, 2.45) is 0 Å². The first kappa shape index (κ1) is 19.9. The van der Waals surface area contributed by atoms with Gasteiger partial charge >= 0.3 is 5.69 Å². The van der Waals surface area contributed by atoms with Crippen LogP contribution in [0.25, 0.3) is 0 Å². The van der Waals surface area contributed by atoms with E-state index in [0.717, 1.165) is 45.0 Å². The zero-order valence-electron chi connectivity index (χ0n) is 15.8. The highest BCUT2D eigenvalue weighted by Crippen LogP contribution is 2.31. The number of hydrogen-bond acceptors (Lipinski definition) is 6. The van der Waals surface area contributed by atoms with Gasteiger partial charge in [-0.05, 0) is 30.3 Å². The molecule has 1 heterocycles. The van der Waals surface area contributed by atoms with Gasteiger partial charge < -0.3 is 9.47 Å². The predicted molar refractivity (Wildman–Crippen MR) is 108 cm³/mol. The Morgan fingerprint density at radius 2 is 1.64 bits per heavy atom. The predicted octanol–water partition coefficient (Wildman–Crippen LogP) is 3.57. The van der Waals surface area contributed by atoms with Crippen LogP contribution in [-0.4, -0.2) is 60.6 Å². The Hall–Kier alpha value is -2.90. The molecule has 0 unspecified atom stereocenters. The van der Waals surface area contributed by atoms with Gasteiger partial charge in [0.05, 0.1) is 4.92 Å². The molecule has 148 valence electrons. The number of benzene rings is 2. The van der Waals surface area contributed by atoms with E-state index in [1.807, 2.05) is 18.2 Å². The van der Waals surface area contributed by atoms with E-state index in [2.05, 4.69) is 16.4 Å². The van der Waals surface area contributed by atoms with Gasteiger partial charge in [-0.1, -0.05) is 18.2 Å². The maximum Gasteiger partial charge on any atom is 0.311 e. The van der Waals surface area contributed by atoms with Crippen LogP contribution in [0, 0.1) is 10.1 Å². The lowest BCUT2D eigenvalue weighted by molar-refractivity contribution is -0.385. The van der Waals surface area contributed by atoms with E-state index in [4.69, 9.17) is 9.47 Å². The zero-order chi connectivity index (χ0) is 19.8. The van der Waals surface area contributed by atoms with Gasteiger partial charge in [-0.25, -0.2) is 0 Å². The number of rotatable bonds is 9. The molecule has 0 N–H and O–H groups in total. The molecule has 1 aliphatic heterocycles. The molecule has 0 bridgehead atoms. The van der Waals surface area contributed by atoms with Crippen molar-refractivity contribution in [3.05, 3.63) is 71.3 Å². The normalized spacial score (nSPS) is 15.1. The number of nitrogens with zero attached hydrogens (tertiary/aromatic N) is 3. The van der Waals surface area contributed by atoms with Gasteiger partial charge in [0.25, 0.3) is 0 Å². The van der Waals surface area contributed by atoms with Crippen LogP contribution in [0.15, 0.2) is 61.2 Å². The summed E-state index contributed by atoms with van der Waals surface area (Å²) < 4.78 is 11.5. The monoisotopic (exact) mass is 383 g/mol. The minimum absolute atomic E-state index is 0.0592. The molecule has 2 aromatic rings. The summed E-state index contributed by atoms with van der Waals surface area (Å²) in [6.07, 6.45) is 1.95. The molecule has 0 amide bonds. The number of ether oxygens (including phenoxy) is 2. The van der Waals surface area contributed by atoms with Crippen LogP contribution in [0.1, 0.15) is 0 Å². The van der Waals surface area contributed by atoms with Crippen LogP contribution >= 0.6 is 0 Å². The Morgan fingerprint density at radius 1 is 1.00 bits per heavy atom. The molecule has 7 nitrogen and oxygen atoms in total. The molecule has 0 aliphatic carbocycles. The molecule has 1 saturated heterocycles. The second-order valence-electron chi connectivity index (χ2n) is 6.58. The average molecular weight is 383 g/mol. The van der Waals surface area contributed by atoms with Gasteiger partial charge in [-0.3, -0.25) is 19.9 Å². The molecule has 28 heavy (non-hydrogen) atoms. The summed E-state index contributed by atoms with van der Waals surface area (Å²) in [4.78, 5) is 15.4. The number of nitro benzene ring substituents is 1. The van der Waals surface area contributed by atoms with Crippen molar-refractivity contribution >= 4 is 5.69 Å². The lowest BCUT2D eigenvalue weighted by Gasteiger charge is -2.33. The Kier molecular flexibility index (Phi) is 7.00. The summed E-state index contributed by atoms with van der Waals surface area (Å²) >= 11 is 0. The molecule has 0 saturated carbocycles. The van der Waals surface area contributed by atoms with Crippen molar-refractivity contribution in [1.82, 2.24) is 9.80 Å². The molecular weight excluding hydrogens is 358 g/mol. The Labute approximate surface area is 164 Å². The van der Waals surface area contributed by atoms with E-state index in [-0.39, 0.29) is 11.4 Å². The Morgan fingerprint density at radius 3 is 2.32 bits per heavy atom. The van der Waals surface area contributed by atoms with Gasteiger partial charge in [0.2, 0.25) is 5.75 Å². The van der Waals surface area contributed by atoms with Crippen LogP contribution in [0.3, 0.4) is 0 Å². The molecule has 0 atom stereocenters. The second-order valence-corrected chi connectivity index (χ2v) is 6.58. The number of piperazine rings is 1. The highest BCUT2D eigenvalue weighted by molar-refractivity contribution is 5.48. The van der Waals surface area contributed by atoms with Crippen molar-refractivity contribution in [2.45, 2.75) is 0 Å². The van der Waals surface area contributed by atoms with Crippen LogP contribution in [0.4, 0.5) is 5.69 Å². The van der Waals surface area contributed by atoms with Crippen LogP contribution in [-0.2, 0) is 0 Å². The molecule has 0 radical (unpaired) electrons. The standard InChI is InChI=1S/C21H25N3O4/c1-2-11-22-12-14-23(15-13-22)16-17-27-18-7-9-19(10-8-18)28-21-6-4-3-5-20(21)24(25)26/h2-10H,1,11-17H2. The highest BCUT2D eigenvalue weighted by atomic mass is 16.6. The zero-order valence-corrected chi connectivity index (χ0v) is 15.8. The summed E-state index contributed by atoms with van der Waals surface area (Å²) in [5.41, 5.74) is -0.0592. The fraction of sp³-hybridized carbons (Fsp3) is 0.333. The third kappa shape index (κ3) is 5.55. The molecule has 2 aromatic carbocycles. The summed E-state index contributed by atoms with van der Waals surface area (Å²) in [7, 11) is 0. The first-order valence-corrected chi connectivity index (χ1v) is 9.35. The number of nitro groups is 1. The summed E-state index contributed by atoms with van der Waals surface area (Å²) in [6, 6.07) is 13.4. The maximum atomic E-state index is 11.1. The van der Waals surface area contributed by atoms with Crippen molar-refractivity contribution in [2.75, 3.05) is 45.9 Å². The van der Waals surface area contributed by atoms with E-state index in [0.29, 0.717) is 12.4 Å². The molecule has 0 spiro atoms. The molecule has 7 heteroatoms. The van der Waals surface area contributed by atoms with Gasteiger partial charge in [-0.15, -0.1) is 6.58 Å². The van der Waals surface area contributed by atoms with Crippen LogP contribution in [0.5, 0.6) is 17.2 Å². The lowest BCUT2D eigenvalue weighted by Crippen LogP contribution is -2.47. The van der Waals surface area contributed by atoms with E-state index in [1.54, 1.807) is 30.3 Å². The van der Waals surface area contributed by atoms with E-state index >= 15 is 0 Å². The smallest absolute Gasteiger partial charge is 0.311 e. The van der Waals surface area contributed by atoms with Gasteiger partial charge in [0.15, 0.2) is 0 Å². The van der Waals surface area contributed by atoms with Gasteiger partial charge in [0.1, 0.15) is 18.1 Å². The van der Waals surface area contributed by atoms with E-state index in [1.165, 1.54) is 6.07 Å². The first-order valence-electron chi connectivity index (χ1n) is 9.35. The second kappa shape index (κ2) is 9.87. The Balaban J connectivity index is 1.45. The van der Waals surface area contributed by atoms with E-state index in [9.17, 15) is 10.1 Å². The molecule has 1 fully saturated rings. The van der Waals surface area contributed by atoms with Gasteiger partial charge in [-0.2, -0.15) is 0 Å². The molecule has 0 aromatic heterocycles. The van der Waals surface area contributed by atoms with E-state index < -0.39 is 4.92 Å². The largest absolute Gasteiger partial charge is 0.492 e. The minimum atomic E-state index is -0.454. The summed E-state index contributed by atoms with van der Waals surface area (Å²) in [5.74, 6) is 1.50. The lowest BCUT2D eigenvalue weighted by atomic mass is 10.3. The van der Waals surface area contributed by atoms with Crippen molar-refractivity contribution in [1.29, 1.82) is 0 Å². The van der Waals surface area contributed by atoms with Crippen molar-refractivity contribution < 1.29 is 14.4 Å². The van der Waals surface area contributed by atoms with Gasteiger partial charge in [0, 0.05) is 45.3 Å². The first-order chi connectivity index (χ1) is 13.7. The van der Waals surface area contributed by atoms with Crippen molar-refractivity contribution in [3.8, 4) is 17.2 Å². The quantitative estimate of drug-likeness (QED) is 0.375. The summed E-state index contributed by atoms with van der Waals surface area (Å²) in [6.45, 7) is 10.4. The molecule has 1 aliphatic rings. The maximum absolute atomic E-state index is 11.1. The Bertz CT molecular complexity index is 786. The highest BCUT2D eigenvalue weighted by Gasteiger charge is 2.16. The SMILES string of the molecule is C=CCN1CCN(CCOc2ccc(Oc3ccccc3[N+](=O)[O-])cc2)CC1. The third-order valence-electron chi connectivity index (χ3n) is 4.64. The van der Waals surface area contributed by atoms with Crippen LogP contribution < -0.4 is 9.47 Å². The third-order valence-corrected chi connectivity index (χ3v) is 4.64. The van der Waals surface area contributed by atoms with Crippen molar-refractivity contribution in [3.63, 3.8) is 0 Å². The average Bonchev–Trinajstić information content (AvgIpc) is 2.71. The topological polar surface area (TPSA) is 68.1 Å². The molecular formula is C21H25N3O4. The minimum Gasteiger partial charge on any atom is -0.492 e. The summed E-state index contributed by atoms with van der Waals surface area (Å²) in [5, 5.41) is 11.1. The number of hydrogen-bond donors (Lipinski definition) is 0.